The zero-order valence-corrected chi connectivity index (χ0v) is 19.5. The molecule has 0 radical (unpaired) electrons. The zero-order chi connectivity index (χ0) is 23.1. The largest absolute Gasteiger partial charge is 0.497 e. The summed E-state index contributed by atoms with van der Waals surface area (Å²) >= 11 is 1.21. The number of hydrogen-bond donors (Lipinski definition) is 0. The molecular weight excluding hydrogens is 455 g/mol. The van der Waals surface area contributed by atoms with Crippen molar-refractivity contribution in [2.45, 2.75) is 31.2 Å². The van der Waals surface area contributed by atoms with E-state index >= 15 is 0 Å². The lowest BCUT2D eigenvalue weighted by Crippen LogP contribution is -2.20. The van der Waals surface area contributed by atoms with Crippen molar-refractivity contribution in [3.05, 3.63) is 53.1 Å². The third-order valence-electron chi connectivity index (χ3n) is 4.76. The summed E-state index contributed by atoms with van der Waals surface area (Å²) < 4.78 is 52.1. The van der Waals surface area contributed by atoms with E-state index < -0.39 is 21.6 Å². The predicted octanol–water partition coefficient (Wildman–Crippen LogP) is 3.57. The highest BCUT2D eigenvalue weighted by molar-refractivity contribution is 7.91. The van der Waals surface area contributed by atoms with Crippen LogP contribution >= 0.6 is 11.3 Å². The number of nitrogens with zero attached hydrogens (tertiary/aromatic N) is 2. The molecule has 1 aromatic heterocycles. The van der Waals surface area contributed by atoms with Gasteiger partial charge in [0.2, 0.25) is 5.91 Å². The minimum atomic E-state index is -3.52. The Balaban J connectivity index is 1.73. The van der Waals surface area contributed by atoms with Crippen LogP contribution in [0.15, 0.2) is 52.4 Å². The van der Waals surface area contributed by atoms with Gasteiger partial charge in [-0.1, -0.05) is 17.4 Å². The first-order valence-corrected chi connectivity index (χ1v) is 12.6. The van der Waals surface area contributed by atoms with Gasteiger partial charge in [0.1, 0.15) is 11.6 Å². The number of hydrogen-bond acceptors (Lipinski definition) is 6. The molecule has 172 valence electrons. The Bertz CT molecular complexity index is 1250. The highest BCUT2D eigenvalue weighted by atomic mass is 32.2. The molecule has 0 spiro atoms. The maximum atomic E-state index is 14.4. The van der Waals surface area contributed by atoms with Gasteiger partial charge in [-0.15, -0.1) is 0 Å². The number of aromatic nitrogens is 1. The van der Waals surface area contributed by atoms with Gasteiger partial charge in [-0.2, -0.15) is 4.99 Å². The number of para-hydroxylation sites is 1. The first kappa shape index (κ1) is 24.1. The molecule has 0 N–H and O–H groups in total. The molecule has 1 amide bonds. The molecule has 3 aromatic rings. The zero-order valence-electron chi connectivity index (χ0n) is 17.9. The van der Waals surface area contributed by atoms with E-state index in [2.05, 4.69) is 4.99 Å². The number of rotatable bonds is 10. The van der Waals surface area contributed by atoms with Crippen LogP contribution in [0.5, 0.6) is 5.75 Å². The highest BCUT2D eigenvalue weighted by Gasteiger charge is 2.16. The molecule has 2 aromatic carbocycles. The Morgan fingerprint density at radius 3 is 2.62 bits per heavy atom. The minimum Gasteiger partial charge on any atom is -0.497 e. The normalized spacial score (nSPS) is 12.4. The van der Waals surface area contributed by atoms with Crippen molar-refractivity contribution in [3.63, 3.8) is 0 Å². The van der Waals surface area contributed by atoms with Crippen molar-refractivity contribution in [2.24, 2.45) is 4.99 Å². The first-order valence-electron chi connectivity index (χ1n) is 10.2. The second-order valence-corrected chi connectivity index (χ2v) is 10.0. The maximum Gasteiger partial charge on any atom is 0.248 e. The fourth-order valence-corrected chi connectivity index (χ4v) is 5.56. The molecule has 1 heterocycles. The van der Waals surface area contributed by atoms with Crippen LogP contribution < -0.4 is 9.54 Å². The average molecular weight is 481 g/mol. The van der Waals surface area contributed by atoms with E-state index in [1.54, 1.807) is 28.8 Å². The Morgan fingerprint density at radius 2 is 1.94 bits per heavy atom. The third kappa shape index (κ3) is 5.81. The van der Waals surface area contributed by atoms with E-state index in [1.165, 1.54) is 36.6 Å². The SMILES string of the molecule is CCOCCn1c(=NC(=O)CCCS(=O)(=O)c2ccc(OC)cc2)sc2cccc(F)c21. The molecule has 0 fully saturated rings. The standard InChI is InChI=1S/C22H25FN2O5S2/c1-3-30-14-13-25-21-18(23)6-4-7-19(21)31-22(25)24-20(26)8-5-15-32(27,28)17-11-9-16(29-2)10-12-17/h4,6-7,9-12H,3,5,8,13-15H2,1-2H3. The van der Waals surface area contributed by atoms with Crippen molar-refractivity contribution in [1.82, 2.24) is 4.57 Å². The van der Waals surface area contributed by atoms with Gasteiger partial charge in [-0.25, -0.2) is 12.8 Å². The lowest BCUT2D eigenvalue weighted by molar-refractivity contribution is -0.118. The quantitative estimate of drug-likeness (QED) is 0.414. The summed E-state index contributed by atoms with van der Waals surface area (Å²) in [5, 5.41) is 0. The smallest absolute Gasteiger partial charge is 0.248 e. The second kappa shape index (κ2) is 10.8. The number of carbonyl (C=O) groups is 1. The van der Waals surface area contributed by atoms with Gasteiger partial charge in [0, 0.05) is 19.6 Å². The molecule has 32 heavy (non-hydrogen) atoms. The number of thiazole rings is 1. The van der Waals surface area contributed by atoms with Crippen LogP contribution in [0.25, 0.3) is 10.2 Å². The monoisotopic (exact) mass is 480 g/mol. The van der Waals surface area contributed by atoms with Crippen molar-refractivity contribution in [3.8, 4) is 5.75 Å². The van der Waals surface area contributed by atoms with E-state index in [0.717, 1.165) is 0 Å². The number of methoxy groups -OCH3 is 1. The number of fused-ring (bicyclic) bond motifs is 1. The molecule has 0 atom stereocenters. The Labute approximate surface area is 190 Å². The third-order valence-corrected chi connectivity index (χ3v) is 7.62. The molecule has 7 nitrogen and oxygen atoms in total. The molecule has 0 aliphatic heterocycles. The Hall–Kier alpha value is -2.56. The van der Waals surface area contributed by atoms with Crippen molar-refractivity contribution in [1.29, 1.82) is 0 Å². The van der Waals surface area contributed by atoms with Gasteiger partial charge in [0.25, 0.3) is 0 Å². The molecule has 3 rings (SSSR count). The van der Waals surface area contributed by atoms with E-state index in [0.29, 0.717) is 40.5 Å². The fraction of sp³-hybridized carbons (Fsp3) is 0.364. The number of halogens is 1. The summed E-state index contributed by atoms with van der Waals surface area (Å²) in [6, 6.07) is 10.9. The Kier molecular flexibility index (Phi) is 8.16. The summed E-state index contributed by atoms with van der Waals surface area (Å²) in [6.07, 6.45) is 0.104. The van der Waals surface area contributed by atoms with Crippen LogP contribution in [0.4, 0.5) is 4.39 Å². The molecule has 0 bridgehead atoms. The average Bonchev–Trinajstić information content (AvgIpc) is 3.12. The fourth-order valence-electron chi connectivity index (χ4n) is 3.16. The van der Waals surface area contributed by atoms with Crippen LogP contribution in [-0.4, -0.2) is 45.0 Å². The van der Waals surface area contributed by atoms with Crippen molar-refractivity contribution in [2.75, 3.05) is 26.1 Å². The number of ether oxygens (including phenoxy) is 2. The molecule has 10 heteroatoms. The van der Waals surface area contributed by atoms with Gasteiger partial charge in [0.05, 0.1) is 34.6 Å². The van der Waals surface area contributed by atoms with Crippen LogP contribution in [0.3, 0.4) is 0 Å². The van der Waals surface area contributed by atoms with Gasteiger partial charge in [0.15, 0.2) is 14.6 Å². The lowest BCUT2D eigenvalue weighted by atomic mass is 10.3. The van der Waals surface area contributed by atoms with Crippen molar-refractivity contribution < 1.29 is 27.1 Å². The van der Waals surface area contributed by atoms with Crippen LogP contribution in [0.1, 0.15) is 19.8 Å². The summed E-state index contributed by atoms with van der Waals surface area (Å²) in [5.74, 6) is -0.455. The number of sulfone groups is 1. The van der Waals surface area contributed by atoms with Gasteiger partial charge >= 0.3 is 0 Å². The highest BCUT2D eigenvalue weighted by Crippen LogP contribution is 2.21. The van der Waals surface area contributed by atoms with Gasteiger partial charge in [-0.05, 0) is 49.7 Å². The van der Waals surface area contributed by atoms with E-state index in [-0.39, 0.29) is 23.5 Å². The molecule has 0 aliphatic rings. The maximum absolute atomic E-state index is 14.4. The molecular formula is C22H25FN2O5S2. The van der Waals surface area contributed by atoms with E-state index in [1.807, 2.05) is 6.92 Å². The van der Waals surface area contributed by atoms with E-state index in [4.69, 9.17) is 9.47 Å². The van der Waals surface area contributed by atoms with Gasteiger partial charge in [-0.3, -0.25) is 4.79 Å². The topological polar surface area (TPSA) is 87.0 Å². The summed E-state index contributed by atoms with van der Waals surface area (Å²) in [5.41, 5.74) is 0.380. The predicted molar refractivity (Wildman–Crippen MR) is 121 cm³/mol. The van der Waals surface area contributed by atoms with Crippen LogP contribution in [0, 0.1) is 5.82 Å². The lowest BCUT2D eigenvalue weighted by Gasteiger charge is -2.06. The Morgan fingerprint density at radius 1 is 1.19 bits per heavy atom. The number of benzene rings is 2. The summed E-state index contributed by atoms with van der Waals surface area (Å²) in [4.78, 5) is 17.1. The summed E-state index contributed by atoms with van der Waals surface area (Å²) in [7, 11) is -2.02. The van der Waals surface area contributed by atoms with Gasteiger partial charge < -0.3 is 14.0 Å². The number of amides is 1. The first-order chi connectivity index (χ1) is 15.4. The number of carbonyl (C=O) groups excluding carboxylic acids is 1. The van der Waals surface area contributed by atoms with Crippen molar-refractivity contribution >= 4 is 37.3 Å². The van der Waals surface area contributed by atoms with Crippen LogP contribution in [-0.2, 0) is 25.9 Å². The molecule has 0 unspecified atom stereocenters. The van der Waals surface area contributed by atoms with E-state index in [9.17, 15) is 17.6 Å². The molecule has 0 aliphatic carbocycles. The molecule has 0 saturated carbocycles. The summed E-state index contributed by atoms with van der Waals surface area (Å²) in [6.45, 7) is 3.11. The molecule has 0 saturated heterocycles. The second-order valence-electron chi connectivity index (χ2n) is 6.92. The van der Waals surface area contributed by atoms with Crippen LogP contribution in [0.2, 0.25) is 0 Å². The minimum absolute atomic E-state index is 0.0302.